The maximum atomic E-state index is 11.9. The highest BCUT2D eigenvalue weighted by molar-refractivity contribution is 6.30. The molecule has 0 aliphatic heterocycles. The Kier molecular flexibility index (Phi) is 6.33. The molecule has 0 aromatic heterocycles. The first-order chi connectivity index (χ1) is 11.6. The minimum absolute atomic E-state index is 0.189. The van der Waals surface area contributed by atoms with E-state index in [0.717, 1.165) is 11.3 Å². The van der Waals surface area contributed by atoms with Crippen molar-refractivity contribution in [2.24, 2.45) is 5.10 Å². The molecule has 0 fully saturated rings. The molecule has 2 aromatic rings. The second-order valence-corrected chi connectivity index (χ2v) is 5.20. The zero-order valence-corrected chi connectivity index (χ0v) is 13.7. The standard InChI is InChI=1S/C17H16ClN3O3/c1-24-15-7-5-12(6-8-15)10-20-21-16(22)11-19-17(23)13-3-2-4-14(18)9-13/h2-10H,11H2,1H3,(H,19,23)(H,21,22). The monoisotopic (exact) mass is 345 g/mol. The lowest BCUT2D eigenvalue weighted by Crippen LogP contribution is -2.34. The third-order valence-electron chi connectivity index (χ3n) is 3.01. The maximum Gasteiger partial charge on any atom is 0.259 e. The Labute approximate surface area is 144 Å². The van der Waals surface area contributed by atoms with Crippen LogP contribution >= 0.6 is 11.6 Å². The van der Waals surface area contributed by atoms with E-state index in [2.05, 4.69) is 15.8 Å². The van der Waals surface area contributed by atoms with Crippen LogP contribution in [0.4, 0.5) is 0 Å². The molecule has 7 heteroatoms. The van der Waals surface area contributed by atoms with E-state index < -0.39 is 5.91 Å². The summed E-state index contributed by atoms with van der Waals surface area (Å²) in [4.78, 5) is 23.5. The number of nitrogens with one attached hydrogen (secondary N) is 2. The van der Waals surface area contributed by atoms with Gasteiger partial charge in [-0.05, 0) is 48.0 Å². The predicted octanol–water partition coefficient (Wildman–Crippen LogP) is 2.23. The molecule has 0 unspecified atom stereocenters. The molecule has 0 bridgehead atoms. The van der Waals surface area contributed by atoms with Gasteiger partial charge in [0, 0.05) is 10.6 Å². The number of hydrogen-bond donors (Lipinski definition) is 2. The van der Waals surface area contributed by atoms with Crippen molar-refractivity contribution in [2.75, 3.05) is 13.7 Å². The van der Waals surface area contributed by atoms with Crippen LogP contribution < -0.4 is 15.5 Å². The average Bonchev–Trinajstić information content (AvgIpc) is 2.60. The highest BCUT2D eigenvalue weighted by atomic mass is 35.5. The van der Waals surface area contributed by atoms with E-state index in [4.69, 9.17) is 16.3 Å². The number of methoxy groups -OCH3 is 1. The van der Waals surface area contributed by atoms with Gasteiger partial charge in [0.15, 0.2) is 0 Å². The van der Waals surface area contributed by atoms with Crippen molar-refractivity contribution in [1.29, 1.82) is 0 Å². The van der Waals surface area contributed by atoms with E-state index in [-0.39, 0.29) is 12.5 Å². The van der Waals surface area contributed by atoms with Gasteiger partial charge >= 0.3 is 0 Å². The Morgan fingerprint density at radius 3 is 2.62 bits per heavy atom. The van der Waals surface area contributed by atoms with Crippen molar-refractivity contribution in [3.05, 3.63) is 64.7 Å². The molecule has 0 atom stereocenters. The van der Waals surface area contributed by atoms with Gasteiger partial charge in [0.2, 0.25) is 0 Å². The van der Waals surface area contributed by atoms with E-state index in [1.54, 1.807) is 49.6 Å². The van der Waals surface area contributed by atoms with Crippen LogP contribution in [0.2, 0.25) is 5.02 Å². The highest BCUT2D eigenvalue weighted by Gasteiger charge is 2.07. The zero-order valence-electron chi connectivity index (χ0n) is 13.0. The number of benzene rings is 2. The molecule has 0 spiro atoms. The number of halogens is 1. The van der Waals surface area contributed by atoms with Crippen molar-refractivity contribution < 1.29 is 14.3 Å². The average molecular weight is 346 g/mol. The number of carbonyl (C=O) groups excluding carboxylic acids is 2. The summed E-state index contributed by atoms with van der Waals surface area (Å²) < 4.78 is 5.05. The van der Waals surface area contributed by atoms with E-state index in [1.165, 1.54) is 12.3 Å². The Morgan fingerprint density at radius 1 is 1.21 bits per heavy atom. The molecule has 0 aliphatic carbocycles. The summed E-state index contributed by atoms with van der Waals surface area (Å²) in [5.41, 5.74) is 3.53. The van der Waals surface area contributed by atoms with Crippen molar-refractivity contribution in [1.82, 2.24) is 10.7 Å². The third-order valence-corrected chi connectivity index (χ3v) is 3.25. The first kappa shape index (κ1) is 17.5. The quantitative estimate of drug-likeness (QED) is 0.622. The minimum Gasteiger partial charge on any atom is -0.497 e. The number of carbonyl (C=O) groups is 2. The zero-order chi connectivity index (χ0) is 17.4. The van der Waals surface area contributed by atoms with Crippen LogP contribution in [0.3, 0.4) is 0 Å². The Bertz CT molecular complexity index is 745. The molecule has 2 N–H and O–H groups in total. The van der Waals surface area contributed by atoms with Crippen LogP contribution in [0.5, 0.6) is 5.75 Å². The van der Waals surface area contributed by atoms with Crippen molar-refractivity contribution in [3.8, 4) is 5.75 Å². The van der Waals surface area contributed by atoms with E-state index in [9.17, 15) is 9.59 Å². The first-order valence-electron chi connectivity index (χ1n) is 7.08. The summed E-state index contributed by atoms with van der Waals surface area (Å²) in [5.74, 6) is -0.0816. The second kappa shape index (κ2) is 8.69. The molecule has 6 nitrogen and oxygen atoms in total. The van der Waals surface area contributed by atoms with Gasteiger partial charge in [-0.15, -0.1) is 0 Å². The van der Waals surface area contributed by atoms with Gasteiger partial charge in [0.05, 0.1) is 19.9 Å². The molecule has 0 aliphatic rings. The van der Waals surface area contributed by atoms with Crippen LogP contribution in [0, 0.1) is 0 Å². The van der Waals surface area contributed by atoms with Gasteiger partial charge in [-0.3, -0.25) is 9.59 Å². The summed E-state index contributed by atoms with van der Waals surface area (Å²) >= 11 is 5.81. The van der Waals surface area contributed by atoms with Crippen LogP contribution in [-0.2, 0) is 4.79 Å². The Balaban J connectivity index is 1.78. The number of ether oxygens (including phenoxy) is 1. The number of hydrogen-bond acceptors (Lipinski definition) is 4. The van der Waals surface area contributed by atoms with Crippen LogP contribution in [0.1, 0.15) is 15.9 Å². The fourth-order valence-electron chi connectivity index (χ4n) is 1.80. The van der Waals surface area contributed by atoms with E-state index >= 15 is 0 Å². The van der Waals surface area contributed by atoms with Gasteiger partial charge in [0.1, 0.15) is 5.75 Å². The van der Waals surface area contributed by atoms with Crippen molar-refractivity contribution >= 4 is 29.6 Å². The fraction of sp³-hybridized carbons (Fsp3) is 0.118. The van der Waals surface area contributed by atoms with Gasteiger partial charge in [-0.2, -0.15) is 5.10 Å². The van der Waals surface area contributed by atoms with Gasteiger partial charge < -0.3 is 10.1 Å². The Morgan fingerprint density at radius 2 is 1.96 bits per heavy atom. The molecule has 124 valence electrons. The number of amides is 2. The third kappa shape index (κ3) is 5.40. The summed E-state index contributed by atoms with van der Waals surface area (Å²) in [6.07, 6.45) is 1.50. The van der Waals surface area contributed by atoms with Gasteiger partial charge in [-0.25, -0.2) is 5.43 Å². The van der Waals surface area contributed by atoms with Crippen LogP contribution in [-0.4, -0.2) is 31.7 Å². The largest absolute Gasteiger partial charge is 0.497 e. The van der Waals surface area contributed by atoms with E-state index in [1.807, 2.05) is 0 Å². The summed E-state index contributed by atoms with van der Waals surface area (Å²) in [6.45, 7) is -0.189. The molecule has 2 amide bonds. The molecule has 0 saturated heterocycles. The topological polar surface area (TPSA) is 79.8 Å². The number of hydrazone groups is 1. The fourth-order valence-corrected chi connectivity index (χ4v) is 1.99. The van der Waals surface area contributed by atoms with Gasteiger partial charge in [-0.1, -0.05) is 17.7 Å². The highest BCUT2D eigenvalue weighted by Crippen LogP contribution is 2.10. The molecular formula is C17H16ClN3O3. The molecule has 24 heavy (non-hydrogen) atoms. The SMILES string of the molecule is COc1ccc(C=NNC(=O)CNC(=O)c2cccc(Cl)c2)cc1. The van der Waals surface area contributed by atoms with Crippen molar-refractivity contribution in [2.45, 2.75) is 0 Å². The van der Waals surface area contributed by atoms with Crippen LogP contribution in [0.25, 0.3) is 0 Å². The van der Waals surface area contributed by atoms with Crippen molar-refractivity contribution in [3.63, 3.8) is 0 Å². The first-order valence-corrected chi connectivity index (χ1v) is 7.46. The lowest BCUT2D eigenvalue weighted by atomic mass is 10.2. The lowest BCUT2D eigenvalue weighted by Gasteiger charge is -2.04. The Hall–Kier alpha value is -2.86. The number of nitrogens with zero attached hydrogens (tertiary/aromatic N) is 1. The molecule has 2 rings (SSSR count). The van der Waals surface area contributed by atoms with E-state index in [0.29, 0.717) is 10.6 Å². The maximum absolute atomic E-state index is 11.9. The van der Waals surface area contributed by atoms with Crippen LogP contribution in [0.15, 0.2) is 53.6 Å². The summed E-state index contributed by atoms with van der Waals surface area (Å²) in [6, 6.07) is 13.6. The molecule has 0 saturated carbocycles. The molecule has 0 heterocycles. The molecule has 0 radical (unpaired) electrons. The molecule has 2 aromatic carbocycles. The lowest BCUT2D eigenvalue weighted by molar-refractivity contribution is -0.120. The summed E-state index contributed by atoms with van der Waals surface area (Å²) in [5, 5.41) is 6.77. The predicted molar refractivity (Wildman–Crippen MR) is 92.5 cm³/mol. The van der Waals surface area contributed by atoms with Gasteiger partial charge in [0.25, 0.3) is 11.8 Å². The second-order valence-electron chi connectivity index (χ2n) is 4.76. The molecular weight excluding hydrogens is 330 g/mol. The smallest absolute Gasteiger partial charge is 0.259 e. The minimum atomic E-state index is -0.435. The summed E-state index contributed by atoms with van der Waals surface area (Å²) in [7, 11) is 1.58. The normalized spacial score (nSPS) is 10.4. The number of rotatable bonds is 6.